The zero-order valence-electron chi connectivity index (χ0n) is 13.4. The van der Waals surface area contributed by atoms with E-state index in [-0.39, 0.29) is 0 Å². The van der Waals surface area contributed by atoms with E-state index in [2.05, 4.69) is 54.5 Å². The topological polar surface area (TPSA) is 27.3 Å². The van der Waals surface area contributed by atoms with Crippen LogP contribution in [0.3, 0.4) is 0 Å². The molecule has 0 aliphatic carbocycles. The molecule has 1 saturated heterocycles. The number of hydrogen-bond donors (Lipinski definition) is 2. The summed E-state index contributed by atoms with van der Waals surface area (Å²) >= 11 is 5.45. The Balaban J connectivity index is 1.80. The maximum atomic E-state index is 5.45. The summed E-state index contributed by atoms with van der Waals surface area (Å²) in [5.74, 6) is 0. The highest BCUT2D eigenvalue weighted by Crippen LogP contribution is 2.16. The Labute approximate surface area is 134 Å². The van der Waals surface area contributed by atoms with E-state index in [0.29, 0.717) is 6.04 Å². The standard InChI is InChI=1S/C17H27N3S/c1-4-9-20-10-7-15(8-11-20)18-17(21)19-16-6-5-13(2)12-14(16)3/h5-6,12,15H,4,7-11H2,1-3H3,(H2,18,19,21). The van der Waals surface area contributed by atoms with Crippen LogP contribution in [0.4, 0.5) is 5.69 Å². The molecule has 4 heteroatoms. The summed E-state index contributed by atoms with van der Waals surface area (Å²) in [5, 5.41) is 7.54. The van der Waals surface area contributed by atoms with Gasteiger partial charge >= 0.3 is 0 Å². The number of aryl methyl sites for hydroxylation is 2. The molecule has 2 N–H and O–H groups in total. The number of rotatable bonds is 4. The zero-order valence-corrected chi connectivity index (χ0v) is 14.2. The molecule has 0 atom stereocenters. The van der Waals surface area contributed by atoms with Gasteiger partial charge in [-0.3, -0.25) is 0 Å². The van der Waals surface area contributed by atoms with Gasteiger partial charge in [0.25, 0.3) is 0 Å². The molecular weight excluding hydrogens is 278 g/mol. The van der Waals surface area contributed by atoms with Crippen LogP contribution < -0.4 is 10.6 Å². The molecule has 21 heavy (non-hydrogen) atoms. The van der Waals surface area contributed by atoms with Gasteiger partial charge in [-0.05, 0) is 63.5 Å². The Morgan fingerprint density at radius 1 is 1.29 bits per heavy atom. The van der Waals surface area contributed by atoms with Crippen molar-refractivity contribution in [2.45, 2.75) is 46.1 Å². The monoisotopic (exact) mass is 305 g/mol. The maximum absolute atomic E-state index is 5.45. The summed E-state index contributed by atoms with van der Waals surface area (Å²) in [6.07, 6.45) is 3.59. The molecule has 116 valence electrons. The van der Waals surface area contributed by atoms with Crippen molar-refractivity contribution >= 4 is 23.0 Å². The van der Waals surface area contributed by atoms with Gasteiger partial charge in [0.05, 0.1) is 0 Å². The van der Waals surface area contributed by atoms with Gasteiger partial charge in [0, 0.05) is 24.8 Å². The first-order valence-electron chi connectivity index (χ1n) is 7.95. The van der Waals surface area contributed by atoms with Crippen LogP contribution in [0.1, 0.15) is 37.3 Å². The van der Waals surface area contributed by atoms with Crippen molar-refractivity contribution in [2.75, 3.05) is 25.0 Å². The second-order valence-corrected chi connectivity index (χ2v) is 6.44. The molecule has 0 radical (unpaired) electrons. The fraction of sp³-hybridized carbons (Fsp3) is 0.588. The van der Waals surface area contributed by atoms with Crippen molar-refractivity contribution in [3.63, 3.8) is 0 Å². The quantitative estimate of drug-likeness (QED) is 0.833. The molecule has 0 saturated carbocycles. The summed E-state index contributed by atoms with van der Waals surface area (Å²) in [6, 6.07) is 6.89. The average Bonchev–Trinajstić information content (AvgIpc) is 2.44. The number of benzene rings is 1. The Bertz CT molecular complexity index is 479. The summed E-state index contributed by atoms with van der Waals surface area (Å²) in [5.41, 5.74) is 3.61. The lowest BCUT2D eigenvalue weighted by Gasteiger charge is -2.32. The number of nitrogens with zero attached hydrogens (tertiary/aromatic N) is 1. The van der Waals surface area contributed by atoms with E-state index >= 15 is 0 Å². The molecule has 2 rings (SSSR count). The van der Waals surface area contributed by atoms with Gasteiger partial charge in [0.15, 0.2) is 5.11 Å². The van der Waals surface area contributed by atoms with Crippen LogP contribution in [-0.2, 0) is 0 Å². The first-order chi connectivity index (χ1) is 10.1. The molecular formula is C17H27N3S. The van der Waals surface area contributed by atoms with Gasteiger partial charge in [-0.25, -0.2) is 0 Å². The van der Waals surface area contributed by atoms with E-state index in [1.165, 1.54) is 50.0 Å². The smallest absolute Gasteiger partial charge is 0.171 e. The summed E-state index contributed by atoms with van der Waals surface area (Å²) in [6.45, 7) is 10.0. The fourth-order valence-electron chi connectivity index (χ4n) is 2.91. The summed E-state index contributed by atoms with van der Waals surface area (Å²) < 4.78 is 0. The molecule has 1 heterocycles. The molecule has 1 aliphatic rings. The number of likely N-dealkylation sites (tertiary alicyclic amines) is 1. The Morgan fingerprint density at radius 2 is 2.00 bits per heavy atom. The summed E-state index contributed by atoms with van der Waals surface area (Å²) in [7, 11) is 0. The third kappa shape index (κ3) is 4.97. The van der Waals surface area contributed by atoms with Gasteiger partial charge in [0.2, 0.25) is 0 Å². The second-order valence-electron chi connectivity index (χ2n) is 6.03. The molecule has 1 fully saturated rings. The lowest BCUT2D eigenvalue weighted by molar-refractivity contribution is 0.207. The van der Waals surface area contributed by atoms with Crippen molar-refractivity contribution in [3.8, 4) is 0 Å². The van der Waals surface area contributed by atoms with Crippen molar-refractivity contribution in [1.29, 1.82) is 0 Å². The largest absolute Gasteiger partial charge is 0.360 e. The highest BCUT2D eigenvalue weighted by molar-refractivity contribution is 7.80. The summed E-state index contributed by atoms with van der Waals surface area (Å²) in [4.78, 5) is 2.54. The molecule has 1 aromatic rings. The third-order valence-electron chi connectivity index (χ3n) is 4.09. The minimum atomic E-state index is 0.504. The molecule has 0 aromatic heterocycles. The molecule has 0 amide bonds. The Hall–Kier alpha value is -1.13. The normalized spacial score (nSPS) is 16.7. The lowest BCUT2D eigenvalue weighted by Crippen LogP contribution is -2.46. The predicted octanol–water partition coefficient (Wildman–Crippen LogP) is 3.46. The number of piperidine rings is 1. The van der Waals surface area contributed by atoms with E-state index in [9.17, 15) is 0 Å². The van der Waals surface area contributed by atoms with Gasteiger partial charge in [0.1, 0.15) is 0 Å². The van der Waals surface area contributed by atoms with E-state index in [0.717, 1.165) is 10.8 Å². The van der Waals surface area contributed by atoms with E-state index in [1.807, 2.05) is 0 Å². The zero-order chi connectivity index (χ0) is 15.2. The van der Waals surface area contributed by atoms with E-state index in [1.54, 1.807) is 0 Å². The van der Waals surface area contributed by atoms with E-state index in [4.69, 9.17) is 12.2 Å². The Morgan fingerprint density at radius 3 is 2.62 bits per heavy atom. The minimum Gasteiger partial charge on any atom is -0.360 e. The van der Waals surface area contributed by atoms with E-state index < -0.39 is 0 Å². The van der Waals surface area contributed by atoms with Crippen LogP contribution in [0.2, 0.25) is 0 Å². The number of hydrogen-bond acceptors (Lipinski definition) is 2. The Kier molecular flexibility index (Phi) is 6.00. The van der Waals surface area contributed by atoms with Gasteiger partial charge in [-0.1, -0.05) is 24.6 Å². The first-order valence-corrected chi connectivity index (χ1v) is 8.36. The maximum Gasteiger partial charge on any atom is 0.171 e. The van der Waals surface area contributed by atoms with Crippen molar-refractivity contribution in [3.05, 3.63) is 29.3 Å². The molecule has 1 aliphatic heterocycles. The number of nitrogens with one attached hydrogen (secondary N) is 2. The predicted molar refractivity (Wildman–Crippen MR) is 95.0 cm³/mol. The molecule has 3 nitrogen and oxygen atoms in total. The van der Waals surface area contributed by atoms with Gasteiger partial charge in [-0.15, -0.1) is 0 Å². The average molecular weight is 305 g/mol. The van der Waals surface area contributed by atoms with Gasteiger partial charge < -0.3 is 15.5 Å². The number of thiocarbonyl (C=S) groups is 1. The van der Waals surface area contributed by atoms with Crippen LogP contribution in [0.25, 0.3) is 0 Å². The SMILES string of the molecule is CCCN1CCC(NC(=S)Nc2ccc(C)cc2C)CC1. The molecule has 0 spiro atoms. The molecule has 0 bridgehead atoms. The third-order valence-corrected chi connectivity index (χ3v) is 4.31. The second kappa shape index (κ2) is 7.76. The van der Waals surface area contributed by atoms with Crippen LogP contribution in [0.15, 0.2) is 18.2 Å². The van der Waals surface area contributed by atoms with Crippen LogP contribution in [0, 0.1) is 13.8 Å². The lowest BCUT2D eigenvalue weighted by atomic mass is 10.1. The highest BCUT2D eigenvalue weighted by atomic mass is 32.1. The molecule has 0 unspecified atom stereocenters. The van der Waals surface area contributed by atoms with Crippen LogP contribution in [0.5, 0.6) is 0 Å². The number of anilines is 1. The van der Waals surface area contributed by atoms with Crippen LogP contribution >= 0.6 is 12.2 Å². The molecule has 1 aromatic carbocycles. The van der Waals surface area contributed by atoms with Crippen LogP contribution in [-0.4, -0.2) is 35.7 Å². The van der Waals surface area contributed by atoms with Crippen molar-refractivity contribution in [1.82, 2.24) is 10.2 Å². The minimum absolute atomic E-state index is 0.504. The van der Waals surface area contributed by atoms with Crippen molar-refractivity contribution < 1.29 is 0 Å². The highest BCUT2D eigenvalue weighted by Gasteiger charge is 2.19. The van der Waals surface area contributed by atoms with Crippen molar-refractivity contribution in [2.24, 2.45) is 0 Å². The fourth-order valence-corrected chi connectivity index (χ4v) is 3.19. The van der Waals surface area contributed by atoms with Gasteiger partial charge in [-0.2, -0.15) is 0 Å². The first kappa shape index (κ1) is 16.2.